The van der Waals surface area contributed by atoms with Crippen LogP contribution in [0, 0.1) is 0 Å². The van der Waals surface area contributed by atoms with Gasteiger partial charge in [0.25, 0.3) is 0 Å². The maximum atomic E-state index is 4.53. The molecule has 0 aliphatic rings. The fraction of sp³-hybridized carbons (Fsp3) is 0.133. The number of rotatable bonds is 1. The minimum absolute atomic E-state index is 0.332. The molecule has 1 aromatic heterocycles. The SMILES string of the molecule is CC(Br)c1cccc2ncc3ccccc3c12. The topological polar surface area (TPSA) is 12.9 Å². The van der Waals surface area contributed by atoms with Gasteiger partial charge in [-0.3, -0.25) is 4.98 Å². The number of aromatic nitrogens is 1. The van der Waals surface area contributed by atoms with Crippen LogP contribution in [-0.2, 0) is 0 Å². The first-order valence-corrected chi connectivity index (χ1v) is 6.59. The van der Waals surface area contributed by atoms with E-state index in [1.165, 1.54) is 21.7 Å². The zero-order chi connectivity index (χ0) is 11.8. The van der Waals surface area contributed by atoms with Gasteiger partial charge in [0, 0.05) is 21.8 Å². The van der Waals surface area contributed by atoms with Crippen LogP contribution in [0.2, 0.25) is 0 Å². The van der Waals surface area contributed by atoms with Crippen LogP contribution in [0.5, 0.6) is 0 Å². The second kappa shape index (κ2) is 4.11. The highest BCUT2D eigenvalue weighted by Gasteiger charge is 2.09. The van der Waals surface area contributed by atoms with Crippen molar-refractivity contribution in [1.82, 2.24) is 4.98 Å². The molecule has 0 aliphatic carbocycles. The summed E-state index contributed by atoms with van der Waals surface area (Å²) >= 11 is 3.66. The van der Waals surface area contributed by atoms with Crippen LogP contribution >= 0.6 is 15.9 Å². The lowest BCUT2D eigenvalue weighted by Crippen LogP contribution is -1.89. The Balaban J connectivity index is 2.54. The van der Waals surface area contributed by atoms with E-state index in [2.05, 4.69) is 70.3 Å². The number of hydrogen-bond donors (Lipinski definition) is 0. The molecule has 2 aromatic carbocycles. The second-order valence-corrected chi connectivity index (χ2v) is 5.58. The molecule has 0 spiro atoms. The number of alkyl halides is 1. The Morgan fingerprint density at radius 1 is 1.06 bits per heavy atom. The summed E-state index contributed by atoms with van der Waals surface area (Å²) in [5.41, 5.74) is 2.36. The summed E-state index contributed by atoms with van der Waals surface area (Å²) in [5.74, 6) is 0. The van der Waals surface area contributed by atoms with Crippen molar-refractivity contribution in [2.75, 3.05) is 0 Å². The molecule has 3 rings (SSSR count). The van der Waals surface area contributed by atoms with Crippen LogP contribution in [0.4, 0.5) is 0 Å². The smallest absolute Gasteiger partial charge is 0.0711 e. The third kappa shape index (κ3) is 1.73. The van der Waals surface area contributed by atoms with E-state index in [1.54, 1.807) is 0 Å². The Kier molecular flexibility index (Phi) is 2.60. The summed E-state index contributed by atoms with van der Waals surface area (Å²) in [4.78, 5) is 4.86. The quantitative estimate of drug-likeness (QED) is 0.460. The maximum absolute atomic E-state index is 4.53. The monoisotopic (exact) mass is 285 g/mol. The molecule has 17 heavy (non-hydrogen) atoms. The molecule has 84 valence electrons. The van der Waals surface area contributed by atoms with Gasteiger partial charge in [-0.1, -0.05) is 52.3 Å². The zero-order valence-electron chi connectivity index (χ0n) is 9.52. The molecule has 2 heteroatoms. The van der Waals surface area contributed by atoms with Gasteiger partial charge >= 0.3 is 0 Å². The lowest BCUT2D eigenvalue weighted by Gasteiger charge is -2.10. The van der Waals surface area contributed by atoms with E-state index in [0.717, 1.165) is 5.52 Å². The van der Waals surface area contributed by atoms with E-state index in [0.29, 0.717) is 4.83 Å². The third-order valence-corrected chi connectivity index (χ3v) is 3.57. The van der Waals surface area contributed by atoms with Crippen LogP contribution < -0.4 is 0 Å². The van der Waals surface area contributed by atoms with Crippen molar-refractivity contribution >= 4 is 37.6 Å². The van der Waals surface area contributed by atoms with Gasteiger partial charge < -0.3 is 0 Å². The highest BCUT2D eigenvalue weighted by Crippen LogP contribution is 2.33. The normalized spacial score (nSPS) is 13.1. The van der Waals surface area contributed by atoms with Crippen molar-refractivity contribution in [3.8, 4) is 0 Å². The van der Waals surface area contributed by atoms with Crippen LogP contribution in [0.3, 0.4) is 0 Å². The van der Waals surface area contributed by atoms with Crippen molar-refractivity contribution in [1.29, 1.82) is 0 Å². The number of hydrogen-bond acceptors (Lipinski definition) is 1. The Morgan fingerprint density at radius 3 is 2.71 bits per heavy atom. The van der Waals surface area contributed by atoms with E-state index in [1.807, 2.05) is 6.20 Å². The van der Waals surface area contributed by atoms with E-state index in [-0.39, 0.29) is 0 Å². The molecule has 0 bridgehead atoms. The van der Waals surface area contributed by atoms with Crippen molar-refractivity contribution < 1.29 is 0 Å². The van der Waals surface area contributed by atoms with Crippen LogP contribution in [0.1, 0.15) is 17.3 Å². The van der Waals surface area contributed by atoms with Gasteiger partial charge in [-0.2, -0.15) is 0 Å². The zero-order valence-corrected chi connectivity index (χ0v) is 11.1. The minimum Gasteiger partial charge on any atom is -0.256 e. The molecular formula is C15H12BrN. The highest BCUT2D eigenvalue weighted by molar-refractivity contribution is 9.09. The van der Waals surface area contributed by atoms with Gasteiger partial charge in [0.15, 0.2) is 0 Å². The number of pyridine rings is 1. The van der Waals surface area contributed by atoms with Crippen molar-refractivity contribution in [2.45, 2.75) is 11.8 Å². The summed E-state index contributed by atoms with van der Waals surface area (Å²) in [5, 5.41) is 3.73. The van der Waals surface area contributed by atoms with Crippen LogP contribution in [-0.4, -0.2) is 4.98 Å². The number of nitrogens with zero attached hydrogens (tertiary/aromatic N) is 1. The summed E-state index contributed by atoms with van der Waals surface area (Å²) in [6.45, 7) is 2.15. The Hall–Kier alpha value is -1.41. The summed E-state index contributed by atoms with van der Waals surface area (Å²) in [6, 6.07) is 14.7. The average Bonchev–Trinajstić information content (AvgIpc) is 2.37. The number of halogens is 1. The molecule has 0 saturated heterocycles. The standard InChI is InChI=1S/C15H12BrN/c1-10(16)12-7-4-8-14-15(12)13-6-3-2-5-11(13)9-17-14/h2-10H,1H3. The fourth-order valence-electron chi connectivity index (χ4n) is 2.27. The molecular weight excluding hydrogens is 274 g/mol. The largest absolute Gasteiger partial charge is 0.256 e. The molecule has 3 aromatic rings. The van der Waals surface area contributed by atoms with Gasteiger partial charge in [-0.25, -0.2) is 0 Å². The molecule has 0 fully saturated rings. The third-order valence-electron chi connectivity index (χ3n) is 3.08. The van der Waals surface area contributed by atoms with Gasteiger partial charge in [0.2, 0.25) is 0 Å². The lowest BCUT2D eigenvalue weighted by molar-refractivity contribution is 1.14. The number of benzene rings is 2. The van der Waals surface area contributed by atoms with Gasteiger partial charge in [-0.05, 0) is 23.9 Å². The van der Waals surface area contributed by atoms with Crippen LogP contribution in [0.25, 0.3) is 21.7 Å². The van der Waals surface area contributed by atoms with E-state index >= 15 is 0 Å². The molecule has 1 atom stereocenters. The van der Waals surface area contributed by atoms with Crippen molar-refractivity contribution in [3.05, 3.63) is 54.2 Å². The van der Waals surface area contributed by atoms with Gasteiger partial charge in [0.05, 0.1) is 5.52 Å². The predicted molar refractivity (Wildman–Crippen MR) is 76.6 cm³/mol. The van der Waals surface area contributed by atoms with Gasteiger partial charge in [0.1, 0.15) is 0 Å². The summed E-state index contributed by atoms with van der Waals surface area (Å²) < 4.78 is 0. The first-order valence-electron chi connectivity index (χ1n) is 5.68. The average molecular weight is 286 g/mol. The fourth-order valence-corrected chi connectivity index (χ4v) is 2.65. The molecule has 1 heterocycles. The minimum atomic E-state index is 0.332. The molecule has 0 amide bonds. The first-order chi connectivity index (χ1) is 8.27. The molecule has 0 N–H and O–H groups in total. The molecule has 1 nitrogen and oxygen atoms in total. The predicted octanol–water partition coefficient (Wildman–Crippen LogP) is 4.84. The molecule has 1 unspecified atom stereocenters. The van der Waals surface area contributed by atoms with E-state index < -0.39 is 0 Å². The lowest BCUT2D eigenvalue weighted by atomic mass is 10.0. The Bertz CT molecular complexity index is 689. The molecule has 0 saturated carbocycles. The second-order valence-electron chi connectivity index (χ2n) is 4.20. The van der Waals surface area contributed by atoms with Crippen molar-refractivity contribution in [2.24, 2.45) is 0 Å². The molecule has 0 radical (unpaired) electrons. The van der Waals surface area contributed by atoms with E-state index in [4.69, 9.17) is 0 Å². The summed E-state index contributed by atoms with van der Waals surface area (Å²) in [6.07, 6.45) is 1.94. The van der Waals surface area contributed by atoms with Crippen LogP contribution in [0.15, 0.2) is 48.7 Å². The maximum Gasteiger partial charge on any atom is 0.0711 e. The van der Waals surface area contributed by atoms with E-state index in [9.17, 15) is 0 Å². The Morgan fingerprint density at radius 2 is 1.88 bits per heavy atom. The van der Waals surface area contributed by atoms with Crippen molar-refractivity contribution in [3.63, 3.8) is 0 Å². The highest BCUT2D eigenvalue weighted by atomic mass is 79.9. The summed E-state index contributed by atoms with van der Waals surface area (Å²) in [7, 11) is 0. The number of fused-ring (bicyclic) bond motifs is 3. The van der Waals surface area contributed by atoms with Gasteiger partial charge in [-0.15, -0.1) is 0 Å². The Labute approximate surface area is 109 Å². The first kappa shape index (κ1) is 10.7. The molecule has 0 aliphatic heterocycles.